The van der Waals surface area contributed by atoms with Crippen LogP contribution in [-0.2, 0) is 14.3 Å². The van der Waals surface area contributed by atoms with Gasteiger partial charge in [-0.2, -0.15) is 0 Å². The van der Waals surface area contributed by atoms with Crippen molar-refractivity contribution in [1.82, 2.24) is 10.2 Å². The molecule has 2 aliphatic heterocycles. The van der Waals surface area contributed by atoms with Gasteiger partial charge in [-0.1, -0.05) is 0 Å². The van der Waals surface area contributed by atoms with Crippen LogP contribution in [-0.4, -0.2) is 69.5 Å². The van der Waals surface area contributed by atoms with E-state index in [-0.39, 0.29) is 42.7 Å². The molecular formula is C14H29Cl2N3O3. The number of nitrogens with two attached hydrogens (primary N) is 1. The third-order valence-corrected chi connectivity index (χ3v) is 4.31. The first-order valence-electron chi connectivity index (χ1n) is 7.55. The van der Waals surface area contributed by atoms with Gasteiger partial charge in [-0.3, -0.25) is 9.69 Å². The summed E-state index contributed by atoms with van der Waals surface area (Å²) in [7, 11) is 1.71. The molecule has 2 rings (SSSR count). The highest BCUT2D eigenvalue weighted by molar-refractivity contribution is 5.85. The Balaban J connectivity index is 0.00000220. The highest BCUT2D eigenvalue weighted by Crippen LogP contribution is 2.18. The first-order valence-corrected chi connectivity index (χ1v) is 7.55. The fourth-order valence-corrected chi connectivity index (χ4v) is 2.96. The van der Waals surface area contributed by atoms with Gasteiger partial charge in [0, 0.05) is 46.0 Å². The lowest BCUT2D eigenvalue weighted by atomic mass is 9.91. The van der Waals surface area contributed by atoms with Crippen LogP contribution in [0, 0.1) is 5.92 Å². The van der Waals surface area contributed by atoms with Crippen LogP contribution in [0.5, 0.6) is 0 Å². The molecule has 0 aromatic heterocycles. The van der Waals surface area contributed by atoms with Gasteiger partial charge in [0.15, 0.2) is 0 Å². The second kappa shape index (κ2) is 11.4. The molecule has 0 saturated carbocycles. The average Bonchev–Trinajstić information content (AvgIpc) is 2.92. The van der Waals surface area contributed by atoms with E-state index in [1.54, 1.807) is 7.11 Å². The Hall–Kier alpha value is -0.110. The van der Waals surface area contributed by atoms with E-state index in [4.69, 9.17) is 15.2 Å². The summed E-state index contributed by atoms with van der Waals surface area (Å²) in [5.74, 6) is 0.255. The number of ether oxygens (including phenoxy) is 2. The third-order valence-electron chi connectivity index (χ3n) is 4.31. The third kappa shape index (κ3) is 6.56. The number of likely N-dealkylation sites (tertiary alicyclic amines) is 1. The number of hydrogen-bond donors (Lipinski definition) is 2. The van der Waals surface area contributed by atoms with E-state index in [1.165, 1.54) is 0 Å². The molecule has 1 amide bonds. The topological polar surface area (TPSA) is 76.8 Å². The molecule has 0 aliphatic carbocycles. The zero-order chi connectivity index (χ0) is 14.4. The number of methoxy groups -OCH3 is 1. The summed E-state index contributed by atoms with van der Waals surface area (Å²) >= 11 is 0. The van der Waals surface area contributed by atoms with Crippen molar-refractivity contribution in [1.29, 1.82) is 0 Å². The van der Waals surface area contributed by atoms with E-state index in [2.05, 4.69) is 10.2 Å². The van der Waals surface area contributed by atoms with E-state index in [0.717, 1.165) is 58.7 Å². The summed E-state index contributed by atoms with van der Waals surface area (Å²) in [6.07, 6.45) is 2.77. The van der Waals surface area contributed by atoms with Gasteiger partial charge < -0.3 is 20.5 Å². The molecule has 2 atom stereocenters. The highest BCUT2D eigenvalue weighted by atomic mass is 35.5. The lowest BCUT2D eigenvalue weighted by Gasteiger charge is -2.27. The van der Waals surface area contributed by atoms with Crippen LogP contribution in [0.15, 0.2) is 0 Å². The summed E-state index contributed by atoms with van der Waals surface area (Å²) in [4.78, 5) is 14.5. The van der Waals surface area contributed by atoms with Crippen LogP contribution < -0.4 is 11.1 Å². The van der Waals surface area contributed by atoms with Crippen molar-refractivity contribution in [2.45, 2.75) is 31.3 Å². The van der Waals surface area contributed by atoms with Gasteiger partial charge in [0.05, 0.1) is 12.6 Å². The number of carbonyl (C=O) groups excluding carboxylic acids is 1. The monoisotopic (exact) mass is 357 g/mol. The zero-order valence-electron chi connectivity index (χ0n) is 13.2. The molecule has 2 unspecified atom stereocenters. The van der Waals surface area contributed by atoms with Gasteiger partial charge in [-0.25, -0.2) is 0 Å². The maximum Gasteiger partial charge on any atom is 0.237 e. The highest BCUT2D eigenvalue weighted by Gasteiger charge is 2.30. The Morgan fingerprint density at radius 1 is 1.36 bits per heavy atom. The minimum Gasteiger partial charge on any atom is -0.383 e. The molecule has 6 nitrogen and oxygen atoms in total. The summed E-state index contributed by atoms with van der Waals surface area (Å²) < 4.78 is 10.4. The first kappa shape index (κ1) is 21.9. The molecule has 0 radical (unpaired) electrons. The van der Waals surface area contributed by atoms with Gasteiger partial charge in [-0.15, -0.1) is 24.8 Å². The Kier molecular flexibility index (Phi) is 11.4. The Morgan fingerprint density at radius 2 is 2.05 bits per heavy atom. The molecule has 22 heavy (non-hydrogen) atoms. The number of hydrogen-bond acceptors (Lipinski definition) is 5. The summed E-state index contributed by atoms with van der Waals surface area (Å²) in [5, 5.41) is 3.10. The fraction of sp³-hybridized carbons (Fsp3) is 0.929. The van der Waals surface area contributed by atoms with Crippen LogP contribution in [0.25, 0.3) is 0 Å². The smallest absolute Gasteiger partial charge is 0.237 e. The van der Waals surface area contributed by atoms with Gasteiger partial charge in [-0.05, 0) is 25.2 Å². The molecule has 0 aromatic rings. The Morgan fingerprint density at radius 3 is 2.68 bits per heavy atom. The number of carbonyl (C=O) groups is 1. The van der Waals surface area contributed by atoms with Gasteiger partial charge in [0.1, 0.15) is 0 Å². The molecule has 2 aliphatic rings. The van der Waals surface area contributed by atoms with Gasteiger partial charge in [0.25, 0.3) is 0 Å². The molecule has 2 saturated heterocycles. The molecule has 2 fully saturated rings. The average molecular weight is 358 g/mol. The second-order valence-electron chi connectivity index (χ2n) is 5.76. The van der Waals surface area contributed by atoms with Crippen LogP contribution in [0.1, 0.15) is 19.3 Å². The Labute approximate surface area is 145 Å². The number of nitrogens with one attached hydrogen (secondary N) is 1. The van der Waals surface area contributed by atoms with Crippen LogP contribution in [0.3, 0.4) is 0 Å². The van der Waals surface area contributed by atoms with Gasteiger partial charge >= 0.3 is 0 Å². The molecule has 0 spiro atoms. The van der Waals surface area contributed by atoms with Crippen molar-refractivity contribution in [3.05, 3.63) is 0 Å². The summed E-state index contributed by atoms with van der Waals surface area (Å²) in [6.45, 7) is 5.02. The lowest BCUT2D eigenvalue weighted by Crippen LogP contribution is -2.50. The molecular weight excluding hydrogens is 329 g/mol. The number of rotatable bonds is 6. The van der Waals surface area contributed by atoms with Crippen molar-refractivity contribution >= 4 is 30.7 Å². The van der Waals surface area contributed by atoms with Gasteiger partial charge in [0.2, 0.25) is 5.91 Å². The molecule has 2 heterocycles. The molecule has 3 N–H and O–H groups in total. The maximum atomic E-state index is 12.2. The maximum absolute atomic E-state index is 12.2. The minimum atomic E-state index is -0.396. The van der Waals surface area contributed by atoms with Crippen molar-refractivity contribution in [3.8, 4) is 0 Å². The van der Waals surface area contributed by atoms with Crippen molar-refractivity contribution in [2.75, 3.05) is 46.6 Å². The lowest BCUT2D eigenvalue weighted by molar-refractivity contribution is -0.125. The standard InChI is InChI=1S/C14H27N3O3.2ClH/c1-19-9-6-17-5-2-12(10-17)16-14(18)13(15)11-3-7-20-8-4-11;;/h11-13H,2-10,15H2,1H3,(H,16,18);2*1H. The zero-order valence-corrected chi connectivity index (χ0v) is 14.8. The van der Waals surface area contributed by atoms with Crippen molar-refractivity contribution in [2.24, 2.45) is 11.7 Å². The summed E-state index contributed by atoms with van der Waals surface area (Å²) in [6, 6.07) is -0.169. The Bertz CT molecular complexity index is 318. The van der Waals surface area contributed by atoms with Crippen LogP contribution in [0.4, 0.5) is 0 Å². The largest absolute Gasteiger partial charge is 0.383 e. The van der Waals surface area contributed by atoms with Crippen LogP contribution in [0.2, 0.25) is 0 Å². The van der Waals surface area contributed by atoms with E-state index >= 15 is 0 Å². The number of amides is 1. The van der Waals surface area contributed by atoms with E-state index in [0.29, 0.717) is 0 Å². The van der Waals surface area contributed by atoms with Crippen LogP contribution >= 0.6 is 24.8 Å². The molecule has 0 aromatic carbocycles. The predicted molar refractivity (Wildman–Crippen MR) is 90.9 cm³/mol. The molecule has 132 valence electrons. The van der Waals surface area contributed by atoms with E-state index < -0.39 is 6.04 Å². The van der Waals surface area contributed by atoms with Crippen molar-refractivity contribution < 1.29 is 14.3 Å². The normalized spacial score (nSPS) is 24.2. The SMILES string of the molecule is COCCN1CCC(NC(=O)C(N)C2CCOCC2)C1.Cl.Cl. The van der Waals surface area contributed by atoms with E-state index in [1.807, 2.05) is 0 Å². The fourth-order valence-electron chi connectivity index (χ4n) is 2.96. The number of halogens is 2. The quantitative estimate of drug-likeness (QED) is 0.720. The minimum absolute atomic E-state index is 0. The predicted octanol–water partition coefficient (Wildman–Crippen LogP) is 0.421. The second-order valence-corrected chi connectivity index (χ2v) is 5.76. The number of nitrogens with zero attached hydrogens (tertiary/aromatic N) is 1. The van der Waals surface area contributed by atoms with Crippen molar-refractivity contribution in [3.63, 3.8) is 0 Å². The molecule has 8 heteroatoms. The first-order chi connectivity index (χ1) is 9.70. The summed E-state index contributed by atoms with van der Waals surface area (Å²) in [5.41, 5.74) is 6.08. The van der Waals surface area contributed by atoms with E-state index in [9.17, 15) is 4.79 Å². The molecule has 0 bridgehead atoms.